The molecule has 1 heterocycles. The average Bonchev–Trinajstić information content (AvgIpc) is 2.53. The number of Topliss-reactive ketones (excluding diaryl/α,β-unsaturated/α-hetero) is 1. The maximum atomic E-state index is 11.3. The lowest BCUT2D eigenvalue weighted by molar-refractivity contribution is 0.101. The predicted octanol–water partition coefficient (Wildman–Crippen LogP) is 4.73. The topological polar surface area (TPSA) is 30.0 Å². The highest BCUT2D eigenvalue weighted by Crippen LogP contribution is 2.26. The van der Waals surface area contributed by atoms with E-state index in [9.17, 15) is 4.79 Å². The van der Waals surface area contributed by atoms with Crippen LogP contribution >= 0.6 is 11.8 Å². The van der Waals surface area contributed by atoms with E-state index < -0.39 is 0 Å². The molecule has 0 unspecified atom stereocenters. The van der Waals surface area contributed by atoms with Gasteiger partial charge in [-0.05, 0) is 36.8 Å². The van der Waals surface area contributed by atoms with Gasteiger partial charge in [-0.3, -0.25) is 9.78 Å². The number of hydrogen-bond donors (Lipinski definition) is 0. The number of para-hydroxylation sites is 1. The molecule has 0 atom stereocenters. The molecule has 0 radical (unpaired) electrons. The first kappa shape index (κ1) is 13.8. The lowest BCUT2D eigenvalue weighted by atomic mass is 10.1. The summed E-state index contributed by atoms with van der Waals surface area (Å²) in [7, 11) is 0. The average molecular weight is 293 g/mol. The molecule has 3 aromatic rings. The van der Waals surface area contributed by atoms with Crippen LogP contribution in [0.15, 0.2) is 65.7 Å². The molecule has 0 saturated heterocycles. The van der Waals surface area contributed by atoms with Crippen molar-refractivity contribution in [1.82, 2.24) is 4.98 Å². The number of fused-ring (bicyclic) bond motifs is 1. The van der Waals surface area contributed by atoms with Crippen LogP contribution in [-0.2, 0) is 5.75 Å². The van der Waals surface area contributed by atoms with Gasteiger partial charge in [-0.15, -0.1) is 11.8 Å². The van der Waals surface area contributed by atoms with Crippen molar-refractivity contribution in [2.75, 3.05) is 0 Å². The van der Waals surface area contributed by atoms with Crippen LogP contribution < -0.4 is 0 Å². The third-order valence-electron chi connectivity index (χ3n) is 3.39. The molecule has 0 saturated carbocycles. The molecule has 2 nitrogen and oxygen atoms in total. The molecule has 0 N–H and O–H groups in total. The monoisotopic (exact) mass is 293 g/mol. The molecule has 0 aliphatic heterocycles. The molecule has 0 fully saturated rings. The van der Waals surface area contributed by atoms with Crippen molar-refractivity contribution in [3.63, 3.8) is 0 Å². The second kappa shape index (κ2) is 6.10. The third-order valence-corrected chi connectivity index (χ3v) is 4.46. The second-order valence-corrected chi connectivity index (χ2v) is 5.91. The summed E-state index contributed by atoms with van der Waals surface area (Å²) in [5.41, 5.74) is 3.07. The molecule has 0 amide bonds. The summed E-state index contributed by atoms with van der Waals surface area (Å²) >= 11 is 1.77. The van der Waals surface area contributed by atoms with Crippen molar-refractivity contribution in [2.45, 2.75) is 17.6 Å². The second-order valence-electron chi connectivity index (χ2n) is 4.86. The van der Waals surface area contributed by atoms with Gasteiger partial charge in [-0.1, -0.05) is 30.3 Å². The Morgan fingerprint density at radius 3 is 2.57 bits per heavy atom. The number of pyridine rings is 1. The number of thioether (sulfide) groups is 1. The number of nitrogens with zero attached hydrogens (tertiary/aromatic N) is 1. The van der Waals surface area contributed by atoms with Crippen molar-refractivity contribution in [3.8, 4) is 0 Å². The Morgan fingerprint density at radius 1 is 1.05 bits per heavy atom. The molecule has 0 bridgehead atoms. The minimum atomic E-state index is 0.103. The summed E-state index contributed by atoms with van der Waals surface area (Å²) in [4.78, 5) is 16.8. The van der Waals surface area contributed by atoms with Gasteiger partial charge in [0.15, 0.2) is 5.78 Å². The molecule has 2 aromatic carbocycles. The Bertz CT molecular complexity index is 775. The quantitative estimate of drug-likeness (QED) is 0.514. The Kier molecular flexibility index (Phi) is 4.02. The molecule has 0 spiro atoms. The summed E-state index contributed by atoms with van der Waals surface area (Å²) in [6.07, 6.45) is 1.86. The van der Waals surface area contributed by atoms with Crippen molar-refractivity contribution in [3.05, 3.63) is 71.9 Å². The maximum Gasteiger partial charge on any atom is 0.159 e. The minimum absolute atomic E-state index is 0.103. The molecule has 1 aromatic heterocycles. The van der Waals surface area contributed by atoms with Gasteiger partial charge in [0.1, 0.15) is 0 Å². The fourth-order valence-corrected chi connectivity index (χ4v) is 3.13. The van der Waals surface area contributed by atoms with Crippen LogP contribution in [0.5, 0.6) is 0 Å². The summed E-state index contributed by atoms with van der Waals surface area (Å²) < 4.78 is 0. The third kappa shape index (κ3) is 3.14. The molecule has 21 heavy (non-hydrogen) atoms. The molecule has 0 aliphatic carbocycles. The summed E-state index contributed by atoms with van der Waals surface area (Å²) in [6, 6.07) is 18.0. The van der Waals surface area contributed by atoms with E-state index >= 15 is 0 Å². The van der Waals surface area contributed by atoms with Crippen LogP contribution in [0.4, 0.5) is 0 Å². The number of hydrogen-bond acceptors (Lipinski definition) is 3. The Morgan fingerprint density at radius 2 is 1.81 bits per heavy atom. The van der Waals surface area contributed by atoms with Crippen LogP contribution in [0.1, 0.15) is 22.8 Å². The SMILES string of the molecule is CC(=O)c1ccc(SCc2ccnc3ccccc23)cc1. The van der Waals surface area contributed by atoms with Gasteiger partial charge in [-0.2, -0.15) is 0 Å². The Labute approximate surface area is 128 Å². The summed E-state index contributed by atoms with van der Waals surface area (Å²) in [6.45, 7) is 1.59. The van der Waals surface area contributed by atoms with Gasteiger partial charge in [0, 0.05) is 27.8 Å². The van der Waals surface area contributed by atoms with Crippen molar-refractivity contribution >= 4 is 28.4 Å². The Balaban J connectivity index is 1.79. The van der Waals surface area contributed by atoms with Gasteiger partial charge in [-0.25, -0.2) is 0 Å². The van der Waals surface area contributed by atoms with Crippen molar-refractivity contribution in [1.29, 1.82) is 0 Å². The van der Waals surface area contributed by atoms with Gasteiger partial charge in [0.05, 0.1) is 5.52 Å². The number of carbonyl (C=O) groups excluding carboxylic acids is 1. The van der Waals surface area contributed by atoms with Crippen LogP contribution in [0.2, 0.25) is 0 Å². The standard InChI is InChI=1S/C18H15NOS/c1-13(20)14-6-8-16(9-7-14)21-12-15-10-11-19-18-5-3-2-4-17(15)18/h2-11H,12H2,1H3. The first-order valence-electron chi connectivity index (χ1n) is 6.80. The molecular weight excluding hydrogens is 278 g/mol. The molecule has 3 rings (SSSR count). The van der Waals surface area contributed by atoms with E-state index in [1.54, 1.807) is 18.7 Å². The first-order chi connectivity index (χ1) is 10.2. The zero-order valence-electron chi connectivity index (χ0n) is 11.7. The largest absolute Gasteiger partial charge is 0.295 e. The zero-order valence-corrected chi connectivity index (χ0v) is 12.6. The summed E-state index contributed by atoms with van der Waals surface area (Å²) in [5.74, 6) is 0.995. The molecular formula is C18H15NOS. The number of rotatable bonds is 4. The van der Waals surface area contributed by atoms with E-state index in [1.807, 2.05) is 48.7 Å². The highest BCUT2D eigenvalue weighted by molar-refractivity contribution is 7.98. The number of benzene rings is 2. The van der Waals surface area contributed by atoms with E-state index in [0.29, 0.717) is 0 Å². The summed E-state index contributed by atoms with van der Waals surface area (Å²) in [5, 5.41) is 1.20. The number of ketones is 1. The van der Waals surface area contributed by atoms with Crippen molar-refractivity contribution < 1.29 is 4.79 Å². The van der Waals surface area contributed by atoms with Gasteiger partial charge < -0.3 is 0 Å². The predicted molar refractivity (Wildman–Crippen MR) is 87.8 cm³/mol. The number of carbonyl (C=O) groups is 1. The smallest absolute Gasteiger partial charge is 0.159 e. The van der Waals surface area contributed by atoms with Crippen LogP contribution in [0.3, 0.4) is 0 Å². The lowest BCUT2D eigenvalue weighted by Crippen LogP contribution is -1.90. The minimum Gasteiger partial charge on any atom is -0.295 e. The fraction of sp³-hybridized carbons (Fsp3) is 0.111. The highest BCUT2D eigenvalue weighted by Gasteiger charge is 2.03. The highest BCUT2D eigenvalue weighted by atomic mass is 32.2. The van der Waals surface area contributed by atoms with E-state index in [1.165, 1.54) is 15.8 Å². The van der Waals surface area contributed by atoms with Gasteiger partial charge in [0.2, 0.25) is 0 Å². The van der Waals surface area contributed by atoms with Gasteiger partial charge in [0.25, 0.3) is 0 Å². The first-order valence-corrected chi connectivity index (χ1v) is 7.79. The number of aromatic nitrogens is 1. The van der Waals surface area contributed by atoms with E-state index in [-0.39, 0.29) is 5.78 Å². The zero-order chi connectivity index (χ0) is 14.7. The van der Waals surface area contributed by atoms with Crippen LogP contribution in [0.25, 0.3) is 10.9 Å². The van der Waals surface area contributed by atoms with E-state index in [2.05, 4.69) is 17.1 Å². The molecule has 0 aliphatic rings. The molecule has 3 heteroatoms. The maximum absolute atomic E-state index is 11.3. The van der Waals surface area contributed by atoms with Crippen LogP contribution in [0, 0.1) is 0 Å². The lowest BCUT2D eigenvalue weighted by Gasteiger charge is -2.06. The van der Waals surface area contributed by atoms with Gasteiger partial charge >= 0.3 is 0 Å². The van der Waals surface area contributed by atoms with E-state index in [0.717, 1.165) is 16.8 Å². The van der Waals surface area contributed by atoms with Crippen LogP contribution in [-0.4, -0.2) is 10.8 Å². The normalized spacial score (nSPS) is 10.7. The van der Waals surface area contributed by atoms with Crippen molar-refractivity contribution in [2.24, 2.45) is 0 Å². The fourth-order valence-electron chi connectivity index (χ4n) is 2.23. The molecule has 104 valence electrons. The Hall–Kier alpha value is -2.13. The van der Waals surface area contributed by atoms with E-state index in [4.69, 9.17) is 0 Å².